The molecule has 4 rings (SSSR count). The van der Waals surface area contributed by atoms with Crippen molar-refractivity contribution in [3.63, 3.8) is 0 Å². The van der Waals surface area contributed by atoms with Gasteiger partial charge in [-0.05, 0) is 54.1 Å². The topological polar surface area (TPSA) is 94.9 Å². The molecule has 2 N–H and O–H groups in total. The number of rotatable bonds is 4. The maximum atomic E-state index is 13.1. The van der Waals surface area contributed by atoms with E-state index in [1.54, 1.807) is 60.7 Å². The van der Waals surface area contributed by atoms with Crippen LogP contribution in [0.15, 0.2) is 87.3 Å². The van der Waals surface area contributed by atoms with E-state index in [2.05, 4.69) is 31.9 Å². The Morgan fingerprint density at radius 1 is 0.812 bits per heavy atom. The molecule has 3 aromatic rings. The third-order valence-corrected chi connectivity index (χ3v) is 6.17. The predicted octanol–water partition coefficient (Wildman–Crippen LogP) is 5.54. The Bertz CT molecular complexity index is 1270. The molecule has 1 fully saturated rings. The molecule has 0 aromatic heterocycles. The number of carbonyl (C=O) groups is 3. The molecule has 0 aliphatic carbocycles. The molecule has 1 atom stereocenters. The molecule has 8 heteroatoms. The van der Waals surface area contributed by atoms with E-state index in [9.17, 15) is 24.6 Å². The van der Waals surface area contributed by atoms with Crippen LogP contribution in [-0.2, 0) is 9.59 Å². The van der Waals surface area contributed by atoms with Crippen LogP contribution < -0.4 is 4.90 Å². The smallest absolute Gasteiger partial charge is 0.335 e. The van der Waals surface area contributed by atoms with E-state index in [0.29, 0.717) is 16.8 Å². The van der Waals surface area contributed by atoms with Gasteiger partial charge in [0.05, 0.1) is 17.2 Å². The molecule has 0 unspecified atom stereocenters. The average Bonchev–Trinajstić information content (AvgIpc) is 3.05. The van der Waals surface area contributed by atoms with Crippen LogP contribution >= 0.6 is 31.9 Å². The minimum Gasteiger partial charge on any atom is -0.507 e. The third-order valence-electron chi connectivity index (χ3n) is 5.12. The van der Waals surface area contributed by atoms with Crippen molar-refractivity contribution >= 4 is 61.0 Å². The fourth-order valence-electron chi connectivity index (χ4n) is 3.62. The fourth-order valence-corrected chi connectivity index (χ4v) is 4.15. The van der Waals surface area contributed by atoms with Gasteiger partial charge in [-0.2, -0.15) is 0 Å². The Morgan fingerprint density at radius 2 is 1.41 bits per heavy atom. The van der Waals surface area contributed by atoms with Gasteiger partial charge in [0, 0.05) is 20.2 Å². The molecule has 6 nitrogen and oxygen atoms in total. The molecule has 1 heterocycles. The highest BCUT2D eigenvalue weighted by Gasteiger charge is 2.47. The second-order valence-electron chi connectivity index (χ2n) is 7.08. The lowest BCUT2D eigenvalue weighted by Crippen LogP contribution is -2.29. The quantitative estimate of drug-likeness (QED) is 0.250. The van der Waals surface area contributed by atoms with E-state index < -0.39 is 23.7 Å². The summed E-state index contributed by atoms with van der Waals surface area (Å²) < 4.78 is 1.58. The fraction of sp³-hybridized carbons (Fsp3) is 0.0417. The average molecular weight is 557 g/mol. The summed E-state index contributed by atoms with van der Waals surface area (Å²) in [6.45, 7) is 0. The molecule has 160 valence electrons. The zero-order valence-corrected chi connectivity index (χ0v) is 19.5. The molecular weight excluding hydrogens is 542 g/mol. The normalized spacial score (nSPS) is 17.6. The lowest BCUT2D eigenvalue weighted by Gasteiger charge is -2.25. The molecule has 0 bridgehead atoms. The van der Waals surface area contributed by atoms with Crippen molar-refractivity contribution in [1.82, 2.24) is 0 Å². The minimum atomic E-state index is -1.14. The van der Waals surface area contributed by atoms with Gasteiger partial charge in [-0.25, -0.2) is 4.79 Å². The molecular formula is C24H15Br2NO5. The van der Waals surface area contributed by atoms with E-state index >= 15 is 0 Å². The number of amides is 1. The second-order valence-corrected chi connectivity index (χ2v) is 8.91. The number of carbonyl (C=O) groups excluding carboxylic acids is 2. The number of benzene rings is 3. The predicted molar refractivity (Wildman–Crippen MR) is 126 cm³/mol. The van der Waals surface area contributed by atoms with Crippen molar-refractivity contribution < 1.29 is 24.6 Å². The second kappa shape index (κ2) is 8.72. The van der Waals surface area contributed by atoms with Gasteiger partial charge in [-0.15, -0.1) is 0 Å². The number of aromatic carboxylic acids is 1. The highest BCUT2D eigenvalue weighted by atomic mass is 79.9. The Morgan fingerprint density at radius 3 is 2.00 bits per heavy atom. The van der Waals surface area contributed by atoms with Gasteiger partial charge < -0.3 is 10.2 Å². The van der Waals surface area contributed by atoms with E-state index in [1.807, 2.05) is 0 Å². The van der Waals surface area contributed by atoms with Gasteiger partial charge >= 0.3 is 5.97 Å². The van der Waals surface area contributed by atoms with Gasteiger partial charge in [0.1, 0.15) is 5.76 Å². The van der Waals surface area contributed by atoms with Crippen LogP contribution in [0.5, 0.6) is 0 Å². The van der Waals surface area contributed by atoms with Crippen LogP contribution in [0.2, 0.25) is 0 Å². The summed E-state index contributed by atoms with van der Waals surface area (Å²) in [4.78, 5) is 39.0. The number of aliphatic hydroxyl groups excluding tert-OH is 1. The Balaban J connectivity index is 1.96. The lowest BCUT2D eigenvalue weighted by atomic mass is 9.94. The molecule has 3 aromatic carbocycles. The number of ketones is 1. The molecule has 1 aliphatic rings. The first-order valence-electron chi connectivity index (χ1n) is 9.43. The summed E-state index contributed by atoms with van der Waals surface area (Å²) in [5.41, 5.74) is 1.10. The highest BCUT2D eigenvalue weighted by Crippen LogP contribution is 2.42. The number of Topliss-reactive ketones (excluding diaryl/α,β-unsaturated/α-hetero) is 1. The number of nitrogens with zero attached hydrogens (tertiary/aromatic N) is 1. The van der Waals surface area contributed by atoms with Gasteiger partial charge in [0.25, 0.3) is 11.7 Å². The maximum absolute atomic E-state index is 13.1. The standard InChI is InChI=1S/C24H15Br2NO5/c25-16-6-4-13(5-7-16)21(28)19-20(14-2-1-3-15(12-14)24(31)32)27(23(30)22(19)29)18-10-8-17(26)9-11-18/h1-12,20,28H,(H,31,32)/t20-/m1/s1. The number of hydrogen-bond donors (Lipinski definition) is 2. The summed E-state index contributed by atoms with van der Waals surface area (Å²) in [5, 5.41) is 20.5. The number of carboxylic acid groups (broad SMARTS) is 1. The summed E-state index contributed by atoms with van der Waals surface area (Å²) in [6.07, 6.45) is 0. The van der Waals surface area contributed by atoms with E-state index in [4.69, 9.17) is 0 Å². The summed E-state index contributed by atoms with van der Waals surface area (Å²) in [6, 6.07) is 18.5. The first kappa shape index (κ1) is 22.0. The van der Waals surface area contributed by atoms with Crippen LogP contribution in [0.4, 0.5) is 5.69 Å². The molecule has 0 saturated carbocycles. The first-order valence-corrected chi connectivity index (χ1v) is 11.0. The van der Waals surface area contributed by atoms with Crippen LogP contribution in [0.25, 0.3) is 5.76 Å². The number of anilines is 1. The van der Waals surface area contributed by atoms with Gasteiger partial charge in [-0.1, -0.05) is 56.1 Å². The van der Waals surface area contributed by atoms with Crippen LogP contribution in [0.1, 0.15) is 27.5 Å². The zero-order chi connectivity index (χ0) is 23.0. The van der Waals surface area contributed by atoms with Crippen molar-refractivity contribution in [1.29, 1.82) is 0 Å². The molecule has 0 radical (unpaired) electrons. The van der Waals surface area contributed by atoms with Crippen LogP contribution in [0.3, 0.4) is 0 Å². The molecule has 1 aliphatic heterocycles. The number of halogens is 2. The lowest BCUT2D eigenvalue weighted by molar-refractivity contribution is -0.132. The number of aliphatic hydroxyl groups is 1. The van der Waals surface area contributed by atoms with E-state index in [-0.39, 0.29) is 16.9 Å². The van der Waals surface area contributed by atoms with Gasteiger partial charge in [0.15, 0.2) is 0 Å². The number of hydrogen-bond acceptors (Lipinski definition) is 4. The summed E-state index contributed by atoms with van der Waals surface area (Å²) in [5.74, 6) is -3.13. The molecule has 0 spiro atoms. The van der Waals surface area contributed by atoms with E-state index in [0.717, 1.165) is 8.95 Å². The van der Waals surface area contributed by atoms with Crippen molar-refractivity contribution in [3.8, 4) is 0 Å². The highest BCUT2D eigenvalue weighted by molar-refractivity contribution is 9.10. The molecule has 1 saturated heterocycles. The van der Waals surface area contributed by atoms with Crippen molar-refractivity contribution in [2.24, 2.45) is 0 Å². The van der Waals surface area contributed by atoms with E-state index in [1.165, 1.54) is 17.0 Å². The van der Waals surface area contributed by atoms with Crippen molar-refractivity contribution in [2.45, 2.75) is 6.04 Å². The zero-order valence-electron chi connectivity index (χ0n) is 16.3. The van der Waals surface area contributed by atoms with Crippen LogP contribution in [0, 0.1) is 0 Å². The maximum Gasteiger partial charge on any atom is 0.335 e. The number of carboxylic acids is 1. The first-order chi connectivity index (χ1) is 15.3. The van der Waals surface area contributed by atoms with Gasteiger partial charge in [0.2, 0.25) is 0 Å². The van der Waals surface area contributed by atoms with Gasteiger partial charge in [-0.3, -0.25) is 14.5 Å². The Kier molecular flexibility index (Phi) is 5.99. The Labute approximate surface area is 200 Å². The third kappa shape index (κ3) is 3.99. The molecule has 1 amide bonds. The van der Waals surface area contributed by atoms with Crippen molar-refractivity contribution in [2.75, 3.05) is 4.90 Å². The SMILES string of the molecule is O=C1C(=O)N(c2ccc(Br)cc2)[C@H](c2cccc(C(=O)O)c2)C1=C(O)c1ccc(Br)cc1. The minimum absolute atomic E-state index is 0.00698. The monoisotopic (exact) mass is 555 g/mol. The summed E-state index contributed by atoms with van der Waals surface area (Å²) in [7, 11) is 0. The summed E-state index contributed by atoms with van der Waals surface area (Å²) >= 11 is 6.68. The largest absolute Gasteiger partial charge is 0.507 e. The Hall–Kier alpha value is -3.23. The molecule has 32 heavy (non-hydrogen) atoms. The van der Waals surface area contributed by atoms with Crippen LogP contribution in [-0.4, -0.2) is 27.9 Å². The van der Waals surface area contributed by atoms with Crippen molar-refractivity contribution in [3.05, 3.63) is 104 Å².